The summed E-state index contributed by atoms with van der Waals surface area (Å²) >= 11 is 1.27. The van der Waals surface area contributed by atoms with Crippen molar-refractivity contribution in [2.45, 2.75) is 19.1 Å². The summed E-state index contributed by atoms with van der Waals surface area (Å²) in [5.74, 6) is -2.42. The molecule has 1 aliphatic rings. The highest BCUT2D eigenvalue weighted by Crippen LogP contribution is 2.35. The van der Waals surface area contributed by atoms with Crippen LogP contribution in [0.25, 0.3) is 10.7 Å². The van der Waals surface area contributed by atoms with Gasteiger partial charge in [-0.3, -0.25) is 4.79 Å². The van der Waals surface area contributed by atoms with Gasteiger partial charge in [0.25, 0.3) is 5.91 Å². The lowest BCUT2D eigenvalue weighted by Crippen LogP contribution is -2.38. The fraction of sp³-hybridized carbons (Fsp3) is 0.278. The first-order valence-electron chi connectivity index (χ1n) is 8.49. The minimum atomic E-state index is -4.70. The largest absolute Gasteiger partial charge is 0.481 e. The van der Waals surface area contributed by atoms with Crippen LogP contribution in [0, 0.1) is 5.82 Å². The highest BCUT2D eigenvalue weighted by molar-refractivity contribution is 7.15. The molecule has 0 bridgehead atoms. The van der Waals surface area contributed by atoms with Gasteiger partial charge in [-0.05, 0) is 30.2 Å². The second-order valence-corrected chi connectivity index (χ2v) is 7.40. The molecule has 6 nitrogen and oxygen atoms in total. The number of alkyl halides is 3. The van der Waals surface area contributed by atoms with Crippen LogP contribution in [0.3, 0.4) is 0 Å². The van der Waals surface area contributed by atoms with Gasteiger partial charge in [-0.2, -0.15) is 18.2 Å². The van der Waals surface area contributed by atoms with Crippen LogP contribution in [-0.2, 0) is 23.9 Å². The lowest BCUT2D eigenvalue weighted by Gasteiger charge is -2.26. The van der Waals surface area contributed by atoms with E-state index in [9.17, 15) is 22.4 Å². The number of thiophene rings is 1. The topological polar surface area (TPSA) is 68.5 Å². The fourth-order valence-corrected chi connectivity index (χ4v) is 3.98. The first kappa shape index (κ1) is 19.4. The molecule has 0 saturated heterocycles. The van der Waals surface area contributed by atoms with E-state index in [2.05, 4.69) is 14.7 Å². The molecule has 29 heavy (non-hydrogen) atoms. The molecule has 152 valence electrons. The van der Waals surface area contributed by atoms with Crippen molar-refractivity contribution in [2.75, 3.05) is 13.2 Å². The number of amides is 1. The summed E-state index contributed by atoms with van der Waals surface area (Å²) in [4.78, 5) is 18.7. The molecule has 1 amide bonds. The Labute approximate surface area is 165 Å². The zero-order valence-electron chi connectivity index (χ0n) is 14.7. The van der Waals surface area contributed by atoms with Crippen LogP contribution in [-0.4, -0.2) is 34.1 Å². The van der Waals surface area contributed by atoms with Crippen molar-refractivity contribution in [1.82, 2.24) is 15.0 Å². The van der Waals surface area contributed by atoms with E-state index in [4.69, 9.17) is 4.74 Å². The summed E-state index contributed by atoms with van der Waals surface area (Å²) in [6.45, 7) is 0.384. The van der Waals surface area contributed by atoms with E-state index in [0.717, 1.165) is 10.4 Å². The van der Waals surface area contributed by atoms with Gasteiger partial charge < -0.3 is 14.2 Å². The van der Waals surface area contributed by atoms with Crippen LogP contribution in [0.15, 0.2) is 34.9 Å². The molecule has 4 rings (SSSR count). The molecule has 0 radical (unpaired) electrons. The smallest absolute Gasteiger partial charge is 0.471 e. The molecular weight excluding hydrogens is 414 g/mol. The van der Waals surface area contributed by atoms with Crippen molar-refractivity contribution in [3.8, 4) is 16.5 Å². The number of halogens is 4. The van der Waals surface area contributed by atoms with Gasteiger partial charge >= 0.3 is 12.1 Å². The van der Waals surface area contributed by atoms with Crippen molar-refractivity contribution in [3.05, 3.63) is 52.5 Å². The van der Waals surface area contributed by atoms with Crippen molar-refractivity contribution >= 4 is 17.2 Å². The predicted molar refractivity (Wildman–Crippen MR) is 93.6 cm³/mol. The lowest BCUT2D eigenvalue weighted by atomic mass is 10.1. The van der Waals surface area contributed by atoms with E-state index in [1.54, 1.807) is 17.0 Å². The number of nitrogens with zero attached hydrogens (tertiary/aromatic N) is 3. The lowest BCUT2D eigenvalue weighted by molar-refractivity contribution is -0.159. The van der Waals surface area contributed by atoms with Gasteiger partial charge in [-0.15, -0.1) is 11.3 Å². The Bertz CT molecular complexity index is 1050. The standard InChI is InChI=1S/C18H13F4N3O3S/c19-11-3-1-2-4-12(11)27-9-15(26)25-6-5-13-10(8-25)7-14(29-13)16-23-17(28-24-16)18(20,21)22/h1-4,7H,5-6,8-9H2. The van der Waals surface area contributed by atoms with Gasteiger partial charge in [-0.1, -0.05) is 17.3 Å². The highest BCUT2D eigenvalue weighted by Gasteiger charge is 2.38. The van der Waals surface area contributed by atoms with E-state index in [-0.39, 0.29) is 30.6 Å². The van der Waals surface area contributed by atoms with Crippen LogP contribution in [0.5, 0.6) is 5.75 Å². The number of para-hydroxylation sites is 1. The number of rotatable bonds is 4. The second kappa shape index (κ2) is 7.47. The number of hydrogen-bond acceptors (Lipinski definition) is 6. The predicted octanol–water partition coefficient (Wildman–Crippen LogP) is 3.92. The molecular formula is C18H13F4N3O3S. The maximum Gasteiger partial charge on any atom is 0.471 e. The minimum absolute atomic E-state index is 0.00561. The monoisotopic (exact) mass is 427 g/mol. The molecule has 0 saturated carbocycles. The van der Waals surface area contributed by atoms with Gasteiger partial charge in [0.05, 0.1) is 4.88 Å². The quantitative estimate of drug-likeness (QED) is 0.591. The van der Waals surface area contributed by atoms with Crippen LogP contribution in [0.4, 0.5) is 17.6 Å². The van der Waals surface area contributed by atoms with E-state index in [0.29, 0.717) is 17.8 Å². The molecule has 2 aromatic heterocycles. The van der Waals surface area contributed by atoms with Crippen LogP contribution >= 0.6 is 11.3 Å². The minimum Gasteiger partial charge on any atom is -0.481 e. The number of carbonyl (C=O) groups is 1. The first-order valence-corrected chi connectivity index (χ1v) is 9.31. The molecule has 0 N–H and O–H groups in total. The number of fused-ring (bicyclic) bond motifs is 1. The Morgan fingerprint density at radius 2 is 2.10 bits per heavy atom. The molecule has 0 spiro atoms. The maximum absolute atomic E-state index is 13.6. The van der Waals surface area contributed by atoms with Crippen molar-refractivity contribution in [3.63, 3.8) is 0 Å². The molecule has 3 aromatic rings. The van der Waals surface area contributed by atoms with E-state index >= 15 is 0 Å². The van der Waals surface area contributed by atoms with Gasteiger partial charge in [0.15, 0.2) is 18.2 Å². The van der Waals surface area contributed by atoms with Gasteiger partial charge in [0.1, 0.15) is 0 Å². The van der Waals surface area contributed by atoms with E-state index in [1.165, 1.54) is 29.5 Å². The fourth-order valence-electron chi connectivity index (χ4n) is 2.89. The summed E-state index contributed by atoms with van der Waals surface area (Å²) in [5.41, 5.74) is 0.800. The number of hydrogen-bond donors (Lipinski definition) is 0. The van der Waals surface area contributed by atoms with Crippen LogP contribution < -0.4 is 4.74 Å². The third kappa shape index (κ3) is 4.09. The summed E-state index contributed by atoms with van der Waals surface area (Å²) in [6.07, 6.45) is -4.17. The summed E-state index contributed by atoms with van der Waals surface area (Å²) < 4.78 is 61.0. The van der Waals surface area contributed by atoms with Crippen molar-refractivity contribution in [1.29, 1.82) is 0 Å². The number of benzene rings is 1. The Morgan fingerprint density at radius 3 is 2.83 bits per heavy atom. The Hall–Kier alpha value is -2.95. The molecule has 0 fully saturated rings. The Kier molecular flexibility index (Phi) is 4.99. The molecule has 0 aliphatic carbocycles. The van der Waals surface area contributed by atoms with Gasteiger partial charge in [0, 0.05) is 18.0 Å². The van der Waals surface area contributed by atoms with Gasteiger partial charge in [-0.25, -0.2) is 4.39 Å². The molecule has 0 atom stereocenters. The van der Waals surface area contributed by atoms with Crippen LogP contribution in [0.1, 0.15) is 16.3 Å². The molecule has 1 aliphatic heterocycles. The second-order valence-electron chi connectivity index (χ2n) is 6.26. The molecule has 1 aromatic carbocycles. The maximum atomic E-state index is 13.6. The van der Waals surface area contributed by atoms with Gasteiger partial charge in [0.2, 0.25) is 5.82 Å². The summed E-state index contributed by atoms with van der Waals surface area (Å²) in [5, 5.41) is 3.39. The van der Waals surface area contributed by atoms with E-state index < -0.39 is 17.9 Å². The first-order chi connectivity index (χ1) is 13.8. The normalized spacial score (nSPS) is 14.0. The SMILES string of the molecule is O=C(COc1ccccc1F)N1CCc2sc(-c3noc(C(F)(F)F)n3)cc2C1. The van der Waals surface area contributed by atoms with Crippen LogP contribution in [0.2, 0.25) is 0 Å². The molecule has 0 unspecified atom stereocenters. The van der Waals surface area contributed by atoms with E-state index in [1.807, 2.05) is 0 Å². The Balaban J connectivity index is 1.43. The zero-order valence-corrected chi connectivity index (χ0v) is 15.5. The molecule has 11 heteroatoms. The van der Waals surface area contributed by atoms with Crippen molar-refractivity contribution < 1.29 is 31.6 Å². The average Bonchev–Trinajstić information content (AvgIpc) is 3.33. The third-order valence-electron chi connectivity index (χ3n) is 4.30. The Morgan fingerprint density at radius 1 is 1.31 bits per heavy atom. The number of aromatic nitrogens is 2. The third-order valence-corrected chi connectivity index (χ3v) is 5.53. The number of ether oxygens (including phenoxy) is 1. The zero-order chi connectivity index (χ0) is 20.6. The van der Waals surface area contributed by atoms with Crippen molar-refractivity contribution in [2.24, 2.45) is 0 Å². The highest BCUT2D eigenvalue weighted by atomic mass is 32.1. The molecule has 3 heterocycles. The average molecular weight is 427 g/mol. The number of carbonyl (C=O) groups excluding carboxylic acids is 1. The summed E-state index contributed by atoms with van der Waals surface area (Å²) in [7, 11) is 0. The summed E-state index contributed by atoms with van der Waals surface area (Å²) in [6, 6.07) is 7.45.